The zero-order valence-corrected chi connectivity index (χ0v) is 25.2. The smallest absolute Gasteiger partial charge is 0.456 e. The molecule has 0 aromatic carbocycles. The summed E-state index contributed by atoms with van der Waals surface area (Å²) < 4.78 is 70.4. The average molecular weight is 610 g/mol. The zero-order valence-electron chi connectivity index (χ0n) is 24.4. The number of esters is 1. The fourth-order valence-electron chi connectivity index (χ4n) is 9.61. The quantitative estimate of drug-likeness (QED) is 0.240. The molecule has 4 fully saturated rings. The maximum Gasteiger partial charge on any atom is 0.490 e. The van der Waals surface area contributed by atoms with Crippen molar-refractivity contribution in [2.45, 2.75) is 103 Å². The van der Waals surface area contributed by atoms with E-state index in [1.165, 1.54) is 7.05 Å². The Morgan fingerprint density at radius 2 is 1.68 bits per heavy atom. The number of aliphatic hydroxyl groups is 1. The molecule has 4 saturated carbocycles. The molecule has 13 heteroatoms. The van der Waals surface area contributed by atoms with Gasteiger partial charge >= 0.3 is 28.4 Å². The maximum atomic E-state index is 12.9. The predicted molar refractivity (Wildman–Crippen MR) is 145 cm³/mol. The van der Waals surface area contributed by atoms with Gasteiger partial charge in [0.05, 0.1) is 6.10 Å². The van der Waals surface area contributed by atoms with Crippen molar-refractivity contribution < 1.29 is 41.0 Å². The van der Waals surface area contributed by atoms with Crippen molar-refractivity contribution in [3.8, 4) is 0 Å². The fourth-order valence-corrected chi connectivity index (χ4v) is 10.0. The number of ether oxygens (including phenoxy) is 1. The summed E-state index contributed by atoms with van der Waals surface area (Å²) in [6.45, 7) is 6.98. The third kappa shape index (κ3) is 6.23. The molecule has 0 unspecified atom stereocenters. The molecular formula is C28H46F3N3O6S. The molecule has 0 aliphatic heterocycles. The number of amides is 2. The third-order valence-corrected chi connectivity index (χ3v) is 12.6. The van der Waals surface area contributed by atoms with E-state index in [0.29, 0.717) is 50.5 Å². The summed E-state index contributed by atoms with van der Waals surface area (Å²) in [6, 6.07) is -0.767. The molecule has 0 bridgehead atoms. The molecule has 0 aromatic heterocycles. The molecule has 4 aliphatic carbocycles. The molecule has 2 amide bonds. The van der Waals surface area contributed by atoms with Crippen molar-refractivity contribution in [3.05, 3.63) is 0 Å². The molecule has 0 aromatic rings. The highest BCUT2D eigenvalue weighted by atomic mass is 32.2. The molecule has 4 N–H and O–H groups in total. The third-order valence-electron chi connectivity index (χ3n) is 11.6. The minimum Gasteiger partial charge on any atom is -0.456 e. The monoisotopic (exact) mass is 609 g/mol. The van der Waals surface area contributed by atoms with Crippen LogP contribution in [0.3, 0.4) is 0 Å². The molecule has 0 spiro atoms. The second-order valence-corrected chi connectivity index (χ2v) is 14.9. The molecule has 4 aliphatic rings. The molecule has 4 rings (SSSR count). The van der Waals surface area contributed by atoms with Gasteiger partial charge in [0.25, 0.3) is 0 Å². The number of hydrogen-bond donors (Lipinski definition) is 4. The van der Waals surface area contributed by atoms with E-state index in [9.17, 15) is 36.3 Å². The Balaban J connectivity index is 1.42. The van der Waals surface area contributed by atoms with E-state index in [-0.39, 0.29) is 34.5 Å². The Kier molecular flexibility index (Phi) is 9.32. The predicted octanol–water partition coefficient (Wildman–Crippen LogP) is 4.27. The Hall–Kier alpha value is -1.60. The lowest BCUT2D eigenvalue weighted by molar-refractivity contribution is -0.222. The van der Waals surface area contributed by atoms with Gasteiger partial charge in [0.15, 0.2) is 0 Å². The number of nitrogens with one attached hydrogen (secondary N) is 3. The Labute approximate surface area is 241 Å². The first-order valence-corrected chi connectivity index (χ1v) is 16.5. The molecule has 10 atom stereocenters. The second kappa shape index (κ2) is 11.8. The highest BCUT2D eigenvalue weighted by molar-refractivity contribution is 7.88. The number of hydrogen-bond acceptors (Lipinski definition) is 6. The van der Waals surface area contributed by atoms with Crippen LogP contribution in [0.2, 0.25) is 0 Å². The van der Waals surface area contributed by atoms with Crippen molar-refractivity contribution in [2.24, 2.45) is 46.3 Å². The summed E-state index contributed by atoms with van der Waals surface area (Å²) >= 11 is 0. The number of alkyl halides is 3. The minimum atomic E-state index is -5.01. The van der Waals surface area contributed by atoms with Crippen LogP contribution >= 0.6 is 0 Å². The van der Waals surface area contributed by atoms with Crippen molar-refractivity contribution in [1.82, 2.24) is 14.8 Å². The number of halogens is 3. The number of fused-ring (bicyclic) bond motifs is 5. The van der Waals surface area contributed by atoms with Crippen LogP contribution < -0.4 is 14.8 Å². The molecule has 9 nitrogen and oxygen atoms in total. The molecular weight excluding hydrogens is 563 g/mol. The van der Waals surface area contributed by atoms with E-state index in [4.69, 9.17) is 4.74 Å². The average Bonchev–Trinajstić information content (AvgIpc) is 3.23. The highest BCUT2D eigenvalue weighted by Gasteiger charge is 2.64. The van der Waals surface area contributed by atoms with Crippen molar-refractivity contribution >= 4 is 22.2 Å². The van der Waals surface area contributed by atoms with Crippen LogP contribution in [-0.2, 0) is 19.7 Å². The Bertz CT molecular complexity index is 1090. The van der Waals surface area contributed by atoms with E-state index >= 15 is 0 Å². The van der Waals surface area contributed by atoms with E-state index in [1.54, 1.807) is 0 Å². The van der Waals surface area contributed by atoms with Gasteiger partial charge in [-0.05, 0) is 104 Å². The topological polar surface area (TPSA) is 134 Å². The normalized spacial score (nSPS) is 40.6. The van der Waals surface area contributed by atoms with E-state index in [0.717, 1.165) is 32.1 Å². The van der Waals surface area contributed by atoms with Crippen molar-refractivity contribution in [2.75, 3.05) is 13.6 Å². The van der Waals surface area contributed by atoms with Crippen molar-refractivity contribution in [3.63, 3.8) is 0 Å². The van der Waals surface area contributed by atoms with Crippen LogP contribution in [0.1, 0.15) is 85.0 Å². The lowest BCUT2D eigenvalue weighted by Crippen LogP contribution is -2.62. The molecule has 0 radical (unpaired) electrons. The minimum absolute atomic E-state index is 0.00552. The molecule has 0 heterocycles. The summed E-state index contributed by atoms with van der Waals surface area (Å²) in [7, 11) is -2.63. The summed E-state index contributed by atoms with van der Waals surface area (Å²) in [5.41, 5.74) is -0.0864. The maximum absolute atomic E-state index is 12.9. The van der Waals surface area contributed by atoms with Crippen LogP contribution in [-0.4, -0.2) is 57.5 Å². The number of carbonyl (C=O) groups is 2. The SMILES string of the molecule is CC[C@H]1[C@@H](O)[C@@H]2[C@H](CC[C@]3(C)[C@@H](CCCNC(=O)NS(=O)(=O)NC)CC[C@@H]23)[C@@]2(C)CC[C@@H](OC(=O)C(F)(F)F)C[C@@H]12. The number of carbonyl (C=O) groups excluding carboxylic acids is 2. The van der Waals surface area contributed by atoms with Crippen LogP contribution in [0.5, 0.6) is 0 Å². The fraction of sp³-hybridized carbons (Fsp3) is 0.929. The summed E-state index contributed by atoms with van der Waals surface area (Å²) in [6.07, 6.45) is 1.43. The van der Waals surface area contributed by atoms with Crippen molar-refractivity contribution in [1.29, 1.82) is 0 Å². The van der Waals surface area contributed by atoms with Gasteiger partial charge in [0, 0.05) is 13.6 Å². The molecule has 0 saturated heterocycles. The molecule has 41 heavy (non-hydrogen) atoms. The van der Waals surface area contributed by atoms with E-state index in [2.05, 4.69) is 19.2 Å². The summed E-state index contributed by atoms with van der Waals surface area (Å²) in [4.78, 5) is 23.4. The number of rotatable bonds is 8. The van der Waals surface area contributed by atoms with Gasteiger partial charge in [-0.15, -0.1) is 0 Å². The lowest BCUT2D eigenvalue weighted by Gasteiger charge is -2.64. The zero-order chi connectivity index (χ0) is 30.4. The number of urea groups is 1. The van der Waals surface area contributed by atoms with Gasteiger partial charge in [0.1, 0.15) is 6.10 Å². The Morgan fingerprint density at radius 3 is 2.32 bits per heavy atom. The first-order chi connectivity index (χ1) is 19.1. The first kappa shape index (κ1) is 32.3. The molecule has 236 valence electrons. The summed E-state index contributed by atoms with van der Waals surface area (Å²) in [5.74, 6) is -1.05. The first-order valence-electron chi connectivity index (χ1n) is 15.0. The standard InChI is InChI=1S/C28H46F3N3O6S/c1-5-18-21-15-17(40-24(36)28(29,30)31)10-12-27(21,3)20-11-13-26(2)16(8-9-19(26)22(20)23(18)35)7-6-14-33-25(37)34-41(38,39)32-4/h16-23,32,35H,5-15H2,1-4H3,(H2,33,34,37)/t16-,17+,18+,19-,20-,21-,22-,23+,26+,27+/m0/s1. The van der Waals surface area contributed by atoms with Crippen LogP contribution in [0.15, 0.2) is 0 Å². The van der Waals surface area contributed by atoms with Gasteiger partial charge in [-0.25, -0.2) is 19.0 Å². The largest absolute Gasteiger partial charge is 0.490 e. The number of aliphatic hydroxyl groups excluding tert-OH is 1. The van der Waals surface area contributed by atoms with Crippen LogP contribution in [0.4, 0.5) is 18.0 Å². The Morgan fingerprint density at radius 1 is 1.02 bits per heavy atom. The van der Waals surface area contributed by atoms with E-state index in [1.807, 2.05) is 16.4 Å². The highest BCUT2D eigenvalue weighted by Crippen LogP contribution is 2.69. The lowest BCUT2D eigenvalue weighted by atomic mass is 9.41. The van der Waals surface area contributed by atoms with Gasteiger partial charge in [0.2, 0.25) is 0 Å². The van der Waals surface area contributed by atoms with Gasteiger partial charge in [-0.3, -0.25) is 0 Å². The van der Waals surface area contributed by atoms with E-state index < -0.39 is 40.6 Å². The van der Waals surface area contributed by atoms with Crippen LogP contribution in [0.25, 0.3) is 0 Å². The van der Waals surface area contributed by atoms with Gasteiger partial charge in [-0.2, -0.15) is 21.6 Å². The van der Waals surface area contributed by atoms with Gasteiger partial charge in [-0.1, -0.05) is 27.2 Å². The second-order valence-electron chi connectivity index (χ2n) is 13.3. The summed E-state index contributed by atoms with van der Waals surface area (Å²) in [5, 5.41) is 14.5. The van der Waals surface area contributed by atoms with Crippen LogP contribution in [0, 0.1) is 46.3 Å². The van der Waals surface area contributed by atoms with Gasteiger partial charge < -0.3 is 15.2 Å².